The molecule has 3 rings (SSSR count). The Morgan fingerprint density at radius 2 is 1.48 bits per heavy atom. The maximum Gasteiger partial charge on any atom is 0.408 e. The van der Waals surface area contributed by atoms with E-state index in [1.165, 1.54) is 0 Å². The normalized spacial score (nSPS) is 12.6. The molecule has 0 saturated carbocycles. The Kier molecular flexibility index (Phi) is 12.8. The molecule has 2 unspecified atom stereocenters. The summed E-state index contributed by atoms with van der Waals surface area (Å²) in [4.78, 5) is 43.2. The molecule has 3 aromatic rings. The molecule has 0 aromatic heterocycles. The van der Waals surface area contributed by atoms with Crippen LogP contribution in [-0.4, -0.2) is 46.1 Å². The van der Waals surface area contributed by atoms with E-state index in [-0.39, 0.29) is 24.0 Å². The van der Waals surface area contributed by atoms with Crippen LogP contribution in [0, 0.1) is 0 Å². The second kappa shape index (κ2) is 16.5. The highest BCUT2D eigenvalue weighted by Crippen LogP contribution is 2.25. The van der Waals surface area contributed by atoms with Gasteiger partial charge in [-0.05, 0) is 68.0 Å². The number of aromatic hydroxyl groups is 1. The van der Waals surface area contributed by atoms with Crippen molar-refractivity contribution in [2.75, 3.05) is 6.54 Å². The Morgan fingerprint density at radius 1 is 0.841 bits per heavy atom. The first-order valence-corrected chi connectivity index (χ1v) is 15.5. The quantitative estimate of drug-likeness (QED) is 0.184. The third kappa shape index (κ3) is 10.7. The average molecular weight is 602 g/mol. The number of alkyl carbamates (subject to hydrolysis) is 1. The number of nitrogens with one attached hydrogen (secondary N) is 2. The molecule has 0 aliphatic carbocycles. The van der Waals surface area contributed by atoms with Crippen molar-refractivity contribution in [1.29, 1.82) is 0 Å². The summed E-state index contributed by atoms with van der Waals surface area (Å²) < 4.78 is 5.52. The first-order valence-electron chi connectivity index (χ1n) is 15.5. The number of nitrogens with zero attached hydrogens (tertiary/aromatic N) is 1. The van der Waals surface area contributed by atoms with Gasteiger partial charge in [0.25, 0.3) is 0 Å². The van der Waals surface area contributed by atoms with Crippen molar-refractivity contribution < 1.29 is 24.2 Å². The Hall–Kier alpha value is -4.33. The van der Waals surface area contributed by atoms with Gasteiger partial charge in [0, 0.05) is 19.5 Å². The zero-order valence-corrected chi connectivity index (χ0v) is 26.6. The summed E-state index contributed by atoms with van der Waals surface area (Å²) >= 11 is 0. The fourth-order valence-corrected chi connectivity index (χ4v) is 4.91. The maximum atomic E-state index is 14.6. The maximum absolute atomic E-state index is 14.6. The zero-order valence-electron chi connectivity index (χ0n) is 26.6. The van der Waals surface area contributed by atoms with Crippen LogP contribution in [0.4, 0.5) is 4.79 Å². The zero-order chi connectivity index (χ0) is 32.1. The lowest BCUT2D eigenvalue weighted by Crippen LogP contribution is -2.54. The van der Waals surface area contributed by atoms with Crippen molar-refractivity contribution in [1.82, 2.24) is 15.5 Å². The fourth-order valence-electron chi connectivity index (χ4n) is 4.91. The van der Waals surface area contributed by atoms with Crippen LogP contribution in [0.15, 0.2) is 78.9 Å². The molecule has 2 atom stereocenters. The van der Waals surface area contributed by atoms with Crippen LogP contribution in [0.1, 0.15) is 82.2 Å². The summed E-state index contributed by atoms with van der Waals surface area (Å²) in [6.45, 7) is 10.1. The van der Waals surface area contributed by atoms with E-state index in [9.17, 15) is 19.5 Å². The highest BCUT2D eigenvalue weighted by Gasteiger charge is 2.36. The highest BCUT2D eigenvalue weighted by atomic mass is 16.6. The first-order chi connectivity index (χ1) is 21.0. The summed E-state index contributed by atoms with van der Waals surface area (Å²) in [7, 11) is 0. The number of carbonyl (C=O) groups excluding carboxylic acids is 3. The van der Waals surface area contributed by atoms with Gasteiger partial charge in [-0.15, -0.1) is 0 Å². The summed E-state index contributed by atoms with van der Waals surface area (Å²) in [6, 6.07) is 22.0. The number of amides is 3. The third-order valence-corrected chi connectivity index (χ3v) is 7.22. The van der Waals surface area contributed by atoms with Gasteiger partial charge >= 0.3 is 6.09 Å². The standard InChI is InChI=1S/C36H47N3O5/c1-6-8-12-23-39(34(42)31(38-35(43)44-36(3,4)5)24-27-17-21-30(40)22-18-27)32(29-19-15-26(7-2)16-20-29)33(41)37-25-28-13-10-9-11-14-28/h9-11,13-22,31-32,40H,6-8,12,23-25H2,1-5H3,(H,37,41)(H,38,43). The number of benzene rings is 3. The molecule has 0 spiro atoms. The number of hydrogen-bond donors (Lipinski definition) is 3. The molecule has 44 heavy (non-hydrogen) atoms. The summed E-state index contributed by atoms with van der Waals surface area (Å²) in [5.41, 5.74) is 2.73. The largest absolute Gasteiger partial charge is 0.508 e. The van der Waals surface area contributed by atoms with Crippen LogP contribution in [0.3, 0.4) is 0 Å². The number of phenols is 1. The molecule has 3 amide bonds. The van der Waals surface area contributed by atoms with Crippen LogP contribution >= 0.6 is 0 Å². The lowest BCUT2D eigenvalue weighted by atomic mass is 9.98. The topological polar surface area (TPSA) is 108 Å². The van der Waals surface area contributed by atoms with E-state index >= 15 is 0 Å². The van der Waals surface area contributed by atoms with Crippen molar-refractivity contribution in [2.24, 2.45) is 0 Å². The fraction of sp³-hybridized carbons (Fsp3) is 0.417. The Bertz CT molecular complexity index is 1330. The van der Waals surface area contributed by atoms with Gasteiger partial charge in [-0.2, -0.15) is 0 Å². The van der Waals surface area contributed by atoms with Gasteiger partial charge in [-0.1, -0.05) is 93.4 Å². The third-order valence-electron chi connectivity index (χ3n) is 7.22. The van der Waals surface area contributed by atoms with Crippen molar-refractivity contribution >= 4 is 17.9 Å². The molecule has 0 radical (unpaired) electrons. The van der Waals surface area contributed by atoms with Crippen molar-refractivity contribution in [2.45, 2.75) is 91.0 Å². The van der Waals surface area contributed by atoms with Gasteiger partial charge < -0.3 is 25.4 Å². The van der Waals surface area contributed by atoms with Crippen molar-refractivity contribution in [3.63, 3.8) is 0 Å². The van der Waals surface area contributed by atoms with E-state index in [2.05, 4.69) is 24.5 Å². The molecule has 236 valence electrons. The number of phenolic OH excluding ortho intramolecular Hbond substituents is 1. The smallest absolute Gasteiger partial charge is 0.408 e. The van der Waals surface area contributed by atoms with E-state index in [0.717, 1.165) is 36.0 Å². The number of hydrogen-bond acceptors (Lipinski definition) is 5. The number of rotatable bonds is 14. The minimum Gasteiger partial charge on any atom is -0.508 e. The number of aryl methyl sites for hydroxylation is 1. The molecule has 0 fully saturated rings. The SMILES string of the molecule is CCCCCN(C(=O)C(Cc1ccc(O)cc1)NC(=O)OC(C)(C)C)C(C(=O)NCc1ccccc1)c1ccc(CC)cc1. The summed E-state index contributed by atoms with van der Waals surface area (Å²) in [5, 5.41) is 15.6. The monoisotopic (exact) mass is 601 g/mol. The second-order valence-electron chi connectivity index (χ2n) is 12.0. The van der Waals surface area contributed by atoms with E-state index in [1.54, 1.807) is 49.9 Å². The Balaban J connectivity index is 2.03. The number of carbonyl (C=O) groups is 3. The van der Waals surface area contributed by atoms with Gasteiger partial charge in [0.1, 0.15) is 23.4 Å². The van der Waals surface area contributed by atoms with E-state index in [4.69, 9.17) is 4.74 Å². The minimum absolute atomic E-state index is 0.101. The molecule has 3 N–H and O–H groups in total. The molecule has 0 heterocycles. The van der Waals surface area contributed by atoms with Crippen molar-refractivity contribution in [3.05, 3.63) is 101 Å². The predicted octanol–water partition coefficient (Wildman–Crippen LogP) is 6.47. The average Bonchev–Trinajstić information content (AvgIpc) is 3.00. The minimum atomic E-state index is -1.02. The van der Waals surface area contributed by atoms with Gasteiger partial charge in [0.15, 0.2) is 0 Å². The summed E-state index contributed by atoms with van der Waals surface area (Å²) in [5.74, 6) is -0.591. The summed E-state index contributed by atoms with van der Waals surface area (Å²) in [6.07, 6.45) is 2.77. The lowest BCUT2D eigenvalue weighted by molar-refractivity contribution is -0.142. The van der Waals surface area contributed by atoms with E-state index in [1.807, 2.05) is 54.6 Å². The molecule has 3 aromatic carbocycles. The molecule has 0 aliphatic heterocycles. The van der Waals surface area contributed by atoms with Gasteiger partial charge in [0.05, 0.1) is 0 Å². The Labute approximate surface area is 261 Å². The van der Waals surface area contributed by atoms with E-state index in [0.29, 0.717) is 25.1 Å². The highest BCUT2D eigenvalue weighted by molar-refractivity contribution is 5.92. The van der Waals surface area contributed by atoms with Gasteiger partial charge in [-0.3, -0.25) is 9.59 Å². The lowest BCUT2D eigenvalue weighted by Gasteiger charge is -2.35. The molecule has 0 saturated heterocycles. The number of unbranched alkanes of at least 4 members (excludes halogenated alkanes) is 2. The predicted molar refractivity (Wildman–Crippen MR) is 173 cm³/mol. The van der Waals surface area contributed by atoms with Crippen LogP contribution in [0.2, 0.25) is 0 Å². The molecular formula is C36H47N3O5. The molecule has 0 aliphatic rings. The molecule has 0 bridgehead atoms. The molecular weight excluding hydrogens is 554 g/mol. The van der Waals surface area contributed by atoms with Crippen LogP contribution in [0.25, 0.3) is 0 Å². The van der Waals surface area contributed by atoms with Crippen LogP contribution in [0.5, 0.6) is 5.75 Å². The second-order valence-corrected chi connectivity index (χ2v) is 12.0. The van der Waals surface area contributed by atoms with Crippen molar-refractivity contribution in [3.8, 4) is 5.75 Å². The Morgan fingerprint density at radius 3 is 2.07 bits per heavy atom. The van der Waals surface area contributed by atoms with Crippen LogP contribution in [-0.2, 0) is 33.7 Å². The first kappa shape index (κ1) is 34.2. The number of ether oxygens (including phenoxy) is 1. The molecule has 8 nitrogen and oxygen atoms in total. The van der Waals surface area contributed by atoms with Crippen LogP contribution < -0.4 is 10.6 Å². The molecule has 8 heteroatoms. The van der Waals surface area contributed by atoms with Gasteiger partial charge in [-0.25, -0.2) is 4.79 Å². The van der Waals surface area contributed by atoms with Gasteiger partial charge in [0.2, 0.25) is 11.8 Å². The van der Waals surface area contributed by atoms with E-state index < -0.39 is 23.8 Å².